The number of fused-ring (bicyclic) bond motifs is 1. The van der Waals surface area contributed by atoms with Crippen LogP contribution in [0.15, 0.2) is 42.0 Å². The largest absolute Gasteiger partial charge is 0.493 e. The molecule has 0 radical (unpaired) electrons. The Hall–Kier alpha value is -3.59. The highest BCUT2D eigenvalue weighted by molar-refractivity contribution is 8.15. The van der Waals surface area contributed by atoms with Gasteiger partial charge in [-0.15, -0.1) is 0 Å². The molecule has 2 aromatic carbocycles. The maximum Gasteiger partial charge on any atom is 0.308 e. The van der Waals surface area contributed by atoms with E-state index < -0.39 is 11.2 Å². The number of amides is 2. The molecule has 0 saturated carbocycles. The van der Waals surface area contributed by atoms with Crippen molar-refractivity contribution in [1.82, 2.24) is 5.32 Å². The molecule has 1 N–H and O–H groups in total. The van der Waals surface area contributed by atoms with Gasteiger partial charge in [0.05, 0.1) is 17.9 Å². The van der Waals surface area contributed by atoms with Crippen molar-refractivity contribution in [2.75, 3.05) is 13.7 Å². The van der Waals surface area contributed by atoms with Crippen LogP contribution in [-0.2, 0) is 16.0 Å². The second kappa shape index (κ2) is 8.88. The highest BCUT2D eigenvalue weighted by Crippen LogP contribution is 2.33. The molecule has 2 aliphatic heterocycles. The van der Waals surface area contributed by atoms with Gasteiger partial charge in [-0.3, -0.25) is 24.5 Å². The number of carbonyl (C=O) groups excluding carboxylic acids is 4. The molecule has 1 unspecified atom stereocenters. The average molecular weight is 453 g/mol. The first-order valence-corrected chi connectivity index (χ1v) is 10.6. The van der Waals surface area contributed by atoms with Crippen molar-refractivity contribution in [3.05, 3.63) is 58.7 Å². The summed E-state index contributed by atoms with van der Waals surface area (Å²) >= 11 is 0.947. The molecule has 0 aromatic heterocycles. The van der Waals surface area contributed by atoms with Gasteiger partial charge in [0.2, 0.25) is 5.91 Å². The third-order valence-corrected chi connectivity index (χ3v) is 5.92. The molecule has 9 heteroatoms. The van der Waals surface area contributed by atoms with Crippen molar-refractivity contribution in [2.24, 2.45) is 0 Å². The van der Waals surface area contributed by atoms with E-state index in [1.54, 1.807) is 42.5 Å². The fourth-order valence-electron chi connectivity index (χ4n) is 3.46. The molecule has 2 heterocycles. The van der Waals surface area contributed by atoms with E-state index in [2.05, 4.69) is 5.32 Å². The minimum absolute atomic E-state index is 0.106. The molecule has 32 heavy (non-hydrogen) atoms. The summed E-state index contributed by atoms with van der Waals surface area (Å²) in [4.78, 5) is 47.6. The molecule has 0 aliphatic carbocycles. The van der Waals surface area contributed by atoms with Crippen LogP contribution in [0.5, 0.6) is 17.2 Å². The van der Waals surface area contributed by atoms with Crippen molar-refractivity contribution in [3.63, 3.8) is 0 Å². The second-order valence-electron chi connectivity index (χ2n) is 7.21. The van der Waals surface area contributed by atoms with Crippen LogP contribution in [0.2, 0.25) is 0 Å². The molecule has 2 amide bonds. The third kappa shape index (κ3) is 4.52. The topological polar surface area (TPSA) is 108 Å². The van der Waals surface area contributed by atoms with Gasteiger partial charge in [0.15, 0.2) is 17.3 Å². The lowest BCUT2D eigenvalue weighted by molar-refractivity contribution is -0.132. The minimum Gasteiger partial charge on any atom is -0.493 e. The first kappa shape index (κ1) is 21.6. The number of methoxy groups -OCH3 is 1. The van der Waals surface area contributed by atoms with Crippen LogP contribution in [0, 0.1) is 0 Å². The molecule has 0 bridgehead atoms. The zero-order valence-electron chi connectivity index (χ0n) is 17.3. The zero-order chi connectivity index (χ0) is 22.8. The van der Waals surface area contributed by atoms with Crippen LogP contribution < -0.4 is 19.5 Å². The normalized spacial score (nSPS) is 18.8. The summed E-state index contributed by atoms with van der Waals surface area (Å²) in [7, 11) is 1.46. The molecule has 1 atom stereocenters. The fourth-order valence-corrected chi connectivity index (χ4v) is 4.32. The van der Waals surface area contributed by atoms with Gasteiger partial charge in [-0.2, -0.15) is 0 Å². The van der Waals surface area contributed by atoms with Gasteiger partial charge in [-0.05, 0) is 47.9 Å². The Labute approximate surface area is 187 Å². The number of hydrogen-bond donors (Lipinski definition) is 1. The first-order chi connectivity index (χ1) is 15.3. The first-order valence-electron chi connectivity index (χ1n) is 9.73. The van der Waals surface area contributed by atoms with Crippen LogP contribution in [0.4, 0.5) is 4.79 Å². The van der Waals surface area contributed by atoms with E-state index in [0.717, 1.165) is 17.3 Å². The van der Waals surface area contributed by atoms with E-state index in [-0.39, 0.29) is 29.3 Å². The van der Waals surface area contributed by atoms with Gasteiger partial charge in [0, 0.05) is 12.5 Å². The lowest BCUT2D eigenvalue weighted by atomic mass is 9.95. The Kier molecular flexibility index (Phi) is 6.00. The Morgan fingerprint density at radius 3 is 2.69 bits per heavy atom. The molecule has 1 fully saturated rings. The number of carbonyl (C=O) groups is 4. The van der Waals surface area contributed by atoms with Crippen molar-refractivity contribution in [2.45, 2.75) is 18.6 Å². The standard InChI is InChI=1S/C23H19NO7S/c1-12(25)31-18-6-4-13(9-19(18)29-2)7-15-11-30-17-5-3-14(8-16(17)21(15)26)10-20-22(27)24-23(28)32-20/h3-9,20H,10-11H2,1-2H3,(H,24,27,28). The number of thioether (sulfide) groups is 1. The molecule has 0 spiro atoms. The smallest absolute Gasteiger partial charge is 0.308 e. The van der Waals surface area contributed by atoms with Crippen LogP contribution in [-0.4, -0.2) is 41.9 Å². The van der Waals surface area contributed by atoms with Gasteiger partial charge in [-0.1, -0.05) is 23.9 Å². The van der Waals surface area contributed by atoms with Gasteiger partial charge in [0.25, 0.3) is 5.24 Å². The average Bonchev–Trinajstić information content (AvgIpc) is 3.07. The van der Waals surface area contributed by atoms with E-state index >= 15 is 0 Å². The lowest BCUT2D eigenvalue weighted by Gasteiger charge is -2.20. The predicted molar refractivity (Wildman–Crippen MR) is 117 cm³/mol. The Morgan fingerprint density at radius 2 is 2.00 bits per heavy atom. The van der Waals surface area contributed by atoms with E-state index in [1.165, 1.54) is 14.0 Å². The lowest BCUT2D eigenvalue weighted by Crippen LogP contribution is -2.25. The van der Waals surface area contributed by atoms with Crippen LogP contribution in [0.25, 0.3) is 6.08 Å². The maximum absolute atomic E-state index is 13.1. The van der Waals surface area contributed by atoms with Gasteiger partial charge in [0.1, 0.15) is 12.4 Å². The maximum atomic E-state index is 13.1. The minimum atomic E-state index is -0.515. The summed E-state index contributed by atoms with van der Waals surface area (Å²) in [6.45, 7) is 1.41. The number of Topliss-reactive ketones (excluding diaryl/α,β-unsaturated/α-hetero) is 1. The SMILES string of the molecule is COc1cc(C=C2COc3ccc(CC4SC(=O)NC4=O)cc3C2=O)ccc1OC(C)=O. The van der Waals surface area contributed by atoms with Gasteiger partial charge < -0.3 is 14.2 Å². The van der Waals surface area contributed by atoms with E-state index in [4.69, 9.17) is 14.2 Å². The van der Waals surface area contributed by atoms with E-state index in [9.17, 15) is 19.2 Å². The predicted octanol–water partition coefficient (Wildman–Crippen LogP) is 3.17. The third-order valence-electron chi connectivity index (χ3n) is 4.93. The Balaban J connectivity index is 1.57. The summed E-state index contributed by atoms with van der Waals surface area (Å²) < 4.78 is 16.1. The van der Waals surface area contributed by atoms with Crippen LogP contribution >= 0.6 is 11.8 Å². The molecule has 2 aliphatic rings. The summed E-state index contributed by atoms with van der Waals surface area (Å²) in [6, 6.07) is 10.2. The van der Waals surface area contributed by atoms with E-state index in [1.807, 2.05) is 0 Å². The fraction of sp³-hybridized carbons (Fsp3) is 0.217. The summed E-state index contributed by atoms with van der Waals surface area (Å²) in [5, 5.41) is 1.38. The Bertz CT molecular complexity index is 1170. The monoisotopic (exact) mass is 453 g/mol. The number of hydrogen-bond acceptors (Lipinski definition) is 8. The molecule has 4 rings (SSSR count). The summed E-state index contributed by atoms with van der Waals surface area (Å²) in [6.07, 6.45) is 2.02. The zero-order valence-corrected chi connectivity index (χ0v) is 18.1. The quantitative estimate of drug-likeness (QED) is 0.418. The molecule has 1 saturated heterocycles. The second-order valence-corrected chi connectivity index (χ2v) is 8.38. The number of ketones is 1. The van der Waals surface area contributed by atoms with Gasteiger partial charge in [-0.25, -0.2) is 0 Å². The summed E-state index contributed by atoms with van der Waals surface area (Å²) in [5.74, 6) is 0.149. The highest BCUT2D eigenvalue weighted by atomic mass is 32.2. The highest BCUT2D eigenvalue weighted by Gasteiger charge is 2.32. The number of ether oxygens (including phenoxy) is 3. The van der Waals surface area contributed by atoms with Crippen molar-refractivity contribution in [1.29, 1.82) is 0 Å². The number of benzene rings is 2. The molecule has 164 valence electrons. The van der Waals surface area contributed by atoms with E-state index in [0.29, 0.717) is 34.6 Å². The number of esters is 1. The van der Waals surface area contributed by atoms with Crippen molar-refractivity contribution < 1.29 is 33.4 Å². The Morgan fingerprint density at radius 1 is 1.19 bits per heavy atom. The number of nitrogens with one attached hydrogen (secondary N) is 1. The van der Waals surface area contributed by atoms with Crippen molar-refractivity contribution >= 4 is 40.7 Å². The molecule has 8 nitrogen and oxygen atoms in total. The summed E-state index contributed by atoms with van der Waals surface area (Å²) in [5.41, 5.74) is 2.29. The van der Waals surface area contributed by atoms with Crippen LogP contribution in [0.1, 0.15) is 28.4 Å². The van der Waals surface area contributed by atoms with Crippen LogP contribution in [0.3, 0.4) is 0 Å². The van der Waals surface area contributed by atoms with Crippen molar-refractivity contribution in [3.8, 4) is 17.2 Å². The van der Waals surface area contributed by atoms with Gasteiger partial charge >= 0.3 is 5.97 Å². The number of imide groups is 1. The molecule has 2 aromatic rings. The molecular formula is C23H19NO7S. The molecular weight excluding hydrogens is 434 g/mol. The number of rotatable bonds is 5.